The van der Waals surface area contributed by atoms with E-state index in [1.54, 1.807) is 37.3 Å². The van der Waals surface area contributed by atoms with Gasteiger partial charge in [0, 0.05) is 11.1 Å². The lowest BCUT2D eigenvalue weighted by atomic mass is 10.1. The summed E-state index contributed by atoms with van der Waals surface area (Å²) in [4.78, 5) is 26.8. The maximum Gasteiger partial charge on any atom is 0.341 e. The van der Waals surface area contributed by atoms with Crippen molar-refractivity contribution in [2.45, 2.75) is 53.6 Å². The van der Waals surface area contributed by atoms with Crippen molar-refractivity contribution in [2.24, 2.45) is 0 Å². The number of rotatable bonds is 9. The molecule has 0 bridgehead atoms. The first kappa shape index (κ1) is 26.6. The molecule has 1 aromatic heterocycles. The summed E-state index contributed by atoms with van der Waals surface area (Å²) < 4.78 is 11.3. The van der Waals surface area contributed by atoms with E-state index in [0.717, 1.165) is 22.5 Å². The fourth-order valence-corrected chi connectivity index (χ4v) is 2.98. The number of carboxylic acids is 1. The minimum atomic E-state index is -1.02. The van der Waals surface area contributed by atoms with Crippen LogP contribution in [0.5, 0.6) is 11.5 Å². The van der Waals surface area contributed by atoms with Crippen molar-refractivity contribution < 1.29 is 24.2 Å². The molecule has 3 rings (SSSR count). The summed E-state index contributed by atoms with van der Waals surface area (Å²) in [5.74, 6) is 0.150. The molecular weight excluding hydrogens is 430 g/mol. The van der Waals surface area contributed by atoms with Crippen molar-refractivity contribution in [1.29, 1.82) is 0 Å². The minimum absolute atomic E-state index is 0.0277. The van der Waals surface area contributed by atoms with Crippen LogP contribution >= 0.6 is 0 Å². The van der Waals surface area contributed by atoms with Crippen LogP contribution in [0.3, 0.4) is 0 Å². The van der Waals surface area contributed by atoms with Gasteiger partial charge in [-0.25, -0.2) is 9.78 Å². The number of carbonyl (C=O) groups is 2. The summed E-state index contributed by atoms with van der Waals surface area (Å²) in [5, 5.41) is 8.74. The van der Waals surface area contributed by atoms with E-state index in [4.69, 9.17) is 19.6 Å². The van der Waals surface area contributed by atoms with E-state index in [1.165, 1.54) is 12.8 Å². The molecule has 0 fully saturated rings. The highest BCUT2D eigenvalue weighted by molar-refractivity contribution is 5.94. The molecule has 2 aromatic carbocycles. The first-order valence-electron chi connectivity index (χ1n) is 11.4. The topological polar surface area (TPSA) is 85.7 Å². The second-order valence-electron chi connectivity index (χ2n) is 7.95. The number of carboxylic acid groups (broad SMARTS) is 1. The predicted octanol–water partition coefficient (Wildman–Crippen LogP) is 6.67. The average molecular weight is 464 g/mol. The van der Waals surface area contributed by atoms with Gasteiger partial charge in [-0.15, -0.1) is 0 Å². The number of ketones is 1. The van der Waals surface area contributed by atoms with Crippen LogP contribution < -0.4 is 9.47 Å². The summed E-state index contributed by atoms with van der Waals surface area (Å²) >= 11 is 0. The molecule has 0 spiro atoms. The highest BCUT2D eigenvalue weighted by atomic mass is 16.5. The number of pyridine rings is 1. The number of hydrogen-bond donors (Lipinski definition) is 1. The van der Waals surface area contributed by atoms with Gasteiger partial charge in [-0.1, -0.05) is 57.0 Å². The second-order valence-corrected chi connectivity index (χ2v) is 7.95. The first-order valence-corrected chi connectivity index (χ1v) is 11.4. The number of hydrogen-bond acceptors (Lipinski definition) is 5. The Morgan fingerprint density at radius 3 is 2.24 bits per heavy atom. The van der Waals surface area contributed by atoms with Gasteiger partial charge in [-0.05, 0) is 56.7 Å². The van der Waals surface area contributed by atoms with Crippen molar-refractivity contribution in [3.05, 3.63) is 77.5 Å². The van der Waals surface area contributed by atoms with Crippen LogP contribution in [0.15, 0.2) is 60.7 Å². The van der Waals surface area contributed by atoms with Crippen LogP contribution in [0.1, 0.15) is 68.3 Å². The van der Waals surface area contributed by atoms with E-state index in [1.807, 2.05) is 44.2 Å². The fourth-order valence-electron chi connectivity index (χ4n) is 2.98. The van der Waals surface area contributed by atoms with Crippen LogP contribution in [-0.4, -0.2) is 28.4 Å². The molecule has 0 saturated heterocycles. The number of aryl methyl sites for hydroxylation is 1. The quantitative estimate of drug-likeness (QED) is 0.357. The Bertz CT molecular complexity index is 1090. The Morgan fingerprint density at radius 1 is 1.00 bits per heavy atom. The molecule has 1 heterocycles. The van der Waals surface area contributed by atoms with Crippen molar-refractivity contribution >= 4 is 11.8 Å². The van der Waals surface area contributed by atoms with Gasteiger partial charge in [-0.3, -0.25) is 4.79 Å². The summed E-state index contributed by atoms with van der Waals surface area (Å²) in [7, 11) is 0. The van der Waals surface area contributed by atoms with Gasteiger partial charge >= 0.3 is 5.97 Å². The zero-order chi connectivity index (χ0) is 25.1. The molecule has 0 amide bonds. The molecular formula is C28H33NO5. The SMILES string of the molecule is CC(=O)c1ccc(-c2cccc(C(C)Oc3ccc(OCC(=O)O)c(C)c3)n2)cc1.CCCC. The third kappa shape index (κ3) is 8.03. The number of unbranched alkanes of at least 4 members (excludes halogenated alkanes) is 1. The molecule has 0 aliphatic rings. The van der Waals surface area contributed by atoms with E-state index in [-0.39, 0.29) is 18.5 Å². The maximum absolute atomic E-state index is 11.5. The van der Waals surface area contributed by atoms with Crippen LogP contribution in [0.2, 0.25) is 0 Å². The minimum Gasteiger partial charge on any atom is -0.484 e. The molecule has 1 unspecified atom stereocenters. The molecule has 0 radical (unpaired) electrons. The van der Waals surface area contributed by atoms with E-state index < -0.39 is 5.97 Å². The third-order valence-electron chi connectivity index (χ3n) is 5.08. The highest BCUT2D eigenvalue weighted by Crippen LogP contribution is 2.28. The molecule has 3 aromatic rings. The molecule has 1 N–H and O–H groups in total. The molecule has 34 heavy (non-hydrogen) atoms. The zero-order valence-electron chi connectivity index (χ0n) is 20.5. The van der Waals surface area contributed by atoms with Crippen molar-refractivity contribution in [3.8, 4) is 22.8 Å². The number of nitrogens with zero attached hydrogens (tertiary/aromatic N) is 1. The van der Waals surface area contributed by atoms with Crippen molar-refractivity contribution in [1.82, 2.24) is 4.98 Å². The fraction of sp³-hybridized carbons (Fsp3) is 0.321. The van der Waals surface area contributed by atoms with Gasteiger partial charge in [0.2, 0.25) is 0 Å². The molecule has 6 nitrogen and oxygen atoms in total. The van der Waals surface area contributed by atoms with Gasteiger partial charge in [0.05, 0.1) is 11.4 Å². The van der Waals surface area contributed by atoms with Gasteiger partial charge in [0.25, 0.3) is 0 Å². The van der Waals surface area contributed by atoms with Crippen LogP contribution in [0.4, 0.5) is 0 Å². The lowest BCUT2D eigenvalue weighted by Gasteiger charge is -2.16. The predicted molar refractivity (Wildman–Crippen MR) is 134 cm³/mol. The molecule has 180 valence electrons. The molecule has 0 saturated carbocycles. The number of benzene rings is 2. The van der Waals surface area contributed by atoms with Gasteiger partial charge in [0.1, 0.15) is 17.6 Å². The molecule has 0 aliphatic heterocycles. The monoisotopic (exact) mass is 463 g/mol. The lowest BCUT2D eigenvalue weighted by molar-refractivity contribution is -0.139. The second kappa shape index (κ2) is 13.1. The highest BCUT2D eigenvalue weighted by Gasteiger charge is 2.12. The Morgan fingerprint density at radius 2 is 1.68 bits per heavy atom. The number of ether oxygens (including phenoxy) is 2. The van der Waals surface area contributed by atoms with Crippen LogP contribution in [0.25, 0.3) is 11.3 Å². The number of aliphatic carboxylic acids is 1. The Hall–Kier alpha value is -3.67. The summed E-state index contributed by atoms with van der Waals surface area (Å²) in [6.07, 6.45) is 2.34. The van der Waals surface area contributed by atoms with E-state index >= 15 is 0 Å². The van der Waals surface area contributed by atoms with Crippen molar-refractivity contribution in [2.75, 3.05) is 6.61 Å². The number of Topliss-reactive ketones (excluding diaryl/α,β-unsaturated/α-hetero) is 1. The first-order chi connectivity index (χ1) is 16.2. The lowest BCUT2D eigenvalue weighted by Crippen LogP contribution is -2.10. The molecule has 1 atom stereocenters. The van der Waals surface area contributed by atoms with E-state index in [9.17, 15) is 9.59 Å². The smallest absolute Gasteiger partial charge is 0.341 e. The average Bonchev–Trinajstić information content (AvgIpc) is 2.83. The van der Waals surface area contributed by atoms with Crippen LogP contribution in [0, 0.1) is 6.92 Å². The number of aromatic nitrogens is 1. The summed E-state index contributed by atoms with van der Waals surface area (Å²) in [5.41, 5.74) is 3.94. The summed E-state index contributed by atoms with van der Waals surface area (Å²) in [6.45, 7) is 9.26. The maximum atomic E-state index is 11.5. The van der Waals surface area contributed by atoms with Gasteiger partial charge in [0.15, 0.2) is 12.4 Å². The standard InChI is InChI=1S/C24H23NO5.C4H10/c1-15-13-20(11-12-23(15)29-14-24(27)28)30-17(3)21-5-4-6-22(25-21)19-9-7-18(8-10-19)16(2)26;1-3-4-2/h4-13,17H,14H2,1-3H3,(H,27,28);3-4H2,1-2H3. The van der Waals surface area contributed by atoms with E-state index in [0.29, 0.717) is 17.1 Å². The number of carbonyl (C=O) groups excluding carboxylic acids is 1. The Balaban J connectivity index is 0.000000945. The zero-order valence-corrected chi connectivity index (χ0v) is 20.5. The Labute approximate surface area is 201 Å². The van der Waals surface area contributed by atoms with Gasteiger partial charge < -0.3 is 14.6 Å². The largest absolute Gasteiger partial charge is 0.484 e. The van der Waals surface area contributed by atoms with Crippen LogP contribution in [-0.2, 0) is 4.79 Å². The normalized spacial score (nSPS) is 11.1. The van der Waals surface area contributed by atoms with Crippen molar-refractivity contribution in [3.63, 3.8) is 0 Å². The molecule has 6 heteroatoms. The summed E-state index contributed by atoms with van der Waals surface area (Å²) in [6, 6.07) is 18.3. The third-order valence-corrected chi connectivity index (χ3v) is 5.08. The molecule has 0 aliphatic carbocycles. The van der Waals surface area contributed by atoms with E-state index in [2.05, 4.69) is 13.8 Å². The Kier molecular flexibility index (Phi) is 10.3. The van der Waals surface area contributed by atoms with Gasteiger partial charge in [-0.2, -0.15) is 0 Å².